The average Bonchev–Trinajstić information content (AvgIpc) is 2.62. The molecule has 2 atom stereocenters. The van der Waals surface area contributed by atoms with Gasteiger partial charge in [-0.1, -0.05) is 30.3 Å². The van der Waals surface area contributed by atoms with Crippen LogP contribution in [-0.4, -0.2) is 21.6 Å². The first-order valence-electron chi connectivity index (χ1n) is 9.02. The molecule has 3 aromatic rings. The molecule has 0 amide bonds. The minimum atomic E-state index is -0.00299. The molecule has 0 bridgehead atoms. The Morgan fingerprint density at radius 3 is 2.28 bits per heavy atom. The largest absolute Gasteiger partial charge is 0.336 e. The summed E-state index contributed by atoms with van der Waals surface area (Å²) in [6, 6.07) is 18.2. The van der Waals surface area contributed by atoms with Crippen LogP contribution in [0.25, 0.3) is 16.6 Å². The lowest BCUT2D eigenvalue weighted by atomic mass is 9.98. The van der Waals surface area contributed by atoms with E-state index in [0.29, 0.717) is 17.5 Å². The number of hydrogen-bond acceptors (Lipinski definition) is 3. The highest BCUT2D eigenvalue weighted by molar-refractivity contribution is 5.79. The van der Waals surface area contributed by atoms with E-state index in [-0.39, 0.29) is 5.56 Å². The molecule has 4 heteroatoms. The zero-order valence-electron chi connectivity index (χ0n) is 14.7. The lowest BCUT2D eigenvalue weighted by molar-refractivity contribution is 0.405. The summed E-state index contributed by atoms with van der Waals surface area (Å²) in [5, 5.41) is 0.660. The molecule has 0 N–H and O–H groups in total. The Morgan fingerprint density at radius 1 is 0.920 bits per heavy atom. The summed E-state index contributed by atoms with van der Waals surface area (Å²) in [6.07, 6.45) is 3.48. The summed E-state index contributed by atoms with van der Waals surface area (Å²) in [7, 11) is 0. The summed E-state index contributed by atoms with van der Waals surface area (Å²) >= 11 is 0. The molecule has 2 heterocycles. The zero-order valence-corrected chi connectivity index (χ0v) is 14.7. The molecular formula is C21H23N3O. The lowest BCUT2D eigenvalue weighted by Crippen LogP contribution is -2.46. The molecule has 2 unspecified atom stereocenters. The third-order valence-corrected chi connectivity index (χ3v) is 5.20. The Bertz CT molecular complexity index is 938. The average molecular weight is 333 g/mol. The van der Waals surface area contributed by atoms with Crippen LogP contribution in [-0.2, 0) is 0 Å². The minimum absolute atomic E-state index is 0.00299. The van der Waals surface area contributed by atoms with Gasteiger partial charge < -0.3 is 4.90 Å². The Kier molecular flexibility index (Phi) is 4.04. The monoisotopic (exact) mass is 333 g/mol. The van der Waals surface area contributed by atoms with Gasteiger partial charge in [0.1, 0.15) is 0 Å². The fraction of sp³-hybridized carbons (Fsp3) is 0.333. The molecule has 0 saturated carbocycles. The first-order valence-corrected chi connectivity index (χ1v) is 9.02. The molecule has 1 fully saturated rings. The third kappa shape index (κ3) is 2.72. The fourth-order valence-corrected chi connectivity index (χ4v) is 3.92. The van der Waals surface area contributed by atoms with Gasteiger partial charge in [-0.05, 0) is 57.4 Å². The second kappa shape index (κ2) is 6.36. The molecule has 4 rings (SSSR count). The van der Waals surface area contributed by atoms with Crippen LogP contribution in [0.4, 0.5) is 5.95 Å². The van der Waals surface area contributed by atoms with E-state index < -0.39 is 0 Å². The quantitative estimate of drug-likeness (QED) is 0.707. The first-order chi connectivity index (χ1) is 12.2. The summed E-state index contributed by atoms with van der Waals surface area (Å²) in [5.74, 6) is 0.759. The summed E-state index contributed by atoms with van der Waals surface area (Å²) < 4.78 is 1.78. The van der Waals surface area contributed by atoms with E-state index in [0.717, 1.165) is 30.0 Å². The van der Waals surface area contributed by atoms with Crippen molar-refractivity contribution in [1.29, 1.82) is 0 Å². The minimum Gasteiger partial charge on any atom is -0.336 e. The highest BCUT2D eigenvalue weighted by Gasteiger charge is 2.29. The number of anilines is 1. The van der Waals surface area contributed by atoms with Crippen LogP contribution in [0.3, 0.4) is 0 Å². The molecule has 1 aliphatic rings. The number of rotatable bonds is 2. The number of piperidine rings is 1. The summed E-state index contributed by atoms with van der Waals surface area (Å²) in [5.41, 5.74) is 1.63. The SMILES string of the molecule is CC1CCCC(C)N1c1nc2ccccc2c(=O)n1-c1ccccc1. The van der Waals surface area contributed by atoms with Crippen LogP contribution in [0, 0.1) is 0 Å². The molecule has 0 aliphatic carbocycles. The van der Waals surface area contributed by atoms with Crippen LogP contribution in [0.15, 0.2) is 59.4 Å². The van der Waals surface area contributed by atoms with Crippen LogP contribution in [0.2, 0.25) is 0 Å². The van der Waals surface area contributed by atoms with E-state index in [2.05, 4.69) is 18.7 Å². The van der Waals surface area contributed by atoms with Crippen LogP contribution >= 0.6 is 0 Å². The first kappa shape index (κ1) is 15.9. The van der Waals surface area contributed by atoms with E-state index in [1.807, 2.05) is 54.6 Å². The molecule has 1 aromatic heterocycles. The maximum Gasteiger partial charge on any atom is 0.267 e. The van der Waals surface area contributed by atoms with Crippen molar-refractivity contribution < 1.29 is 0 Å². The van der Waals surface area contributed by atoms with Gasteiger partial charge in [0.25, 0.3) is 5.56 Å². The Hall–Kier alpha value is -2.62. The molecule has 1 saturated heterocycles. The lowest BCUT2D eigenvalue weighted by Gasteiger charge is -2.40. The highest BCUT2D eigenvalue weighted by atomic mass is 16.1. The Balaban J connectivity index is 2.03. The number of para-hydroxylation sites is 2. The fourth-order valence-electron chi connectivity index (χ4n) is 3.92. The van der Waals surface area contributed by atoms with Gasteiger partial charge in [-0.25, -0.2) is 9.55 Å². The number of nitrogens with zero attached hydrogens (tertiary/aromatic N) is 3. The van der Waals surface area contributed by atoms with Crippen molar-refractivity contribution >= 4 is 16.9 Å². The van der Waals surface area contributed by atoms with E-state index in [9.17, 15) is 4.79 Å². The smallest absolute Gasteiger partial charge is 0.267 e. The van der Waals surface area contributed by atoms with Crippen LogP contribution in [0.5, 0.6) is 0 Å². The van der Waals surface area contributed by atoms with E-state index in [1.54, 1.807) is 4.57 Å². The molecule has 2 aromatic carbocycles. The van der Waals surface area contributed by atoms with Gasteiger partial charge in [0.15, 0.2) is 0 Å². The van der Waals surface area contributed by atoms with E-state index in [1.165, 1.54) is 6.42 Å². The van der Waals surface area contributed by atoms with Crippen molar-refractivity contribution in [2.24, 2.45) is 0 Å². The Morgan fingerprint density at radius 2 is 1.56 bits per heavy atom. The van der Waals surface area contributed by atoms with Crippen molar-refractivity contribution in [2.45, 2.75) is 45.2 Å². The molecule has 0 spiro atoms. The molecule has 25 heavy (non-hydrogen) atoms. The van der Waals surface area contributed by atoms with Gasteiger partial charge in [-0.15, -0.1) is 0 Å². The molecule has 4 nitrogen and oxygen atoms in total. The van der Waals surface area contributed by atoms with Crippen molar-refractivity contribution in [3.63, 3.8) is 0 Å². The van der Waals surface area contributed by atoms with Crippen molar-refractivity contribution in [1.82, 2.24) is 9.55 Å². The summed E-state index contributed by atoms with van der Waals surface area (Å²) in [6.45, 7) is 4.46. The van der Waals surface area contributed by atoms with Crippen LogP contribution in [0.1, 0.15) is 33.1 Å². The van der Waals surface area contributed by atoms with Gasteiger partial charge >= 0.3 is 0 Å². The van der Waals surface area contributed by atoms with Crippen molar-refractivity contribution in [3.05, 3.63) is 65.0 Å². The highest BCUT2D eigenvalue weighted by Crippen LogP contribution is 2.29. The second-order valence-corrected chi connectivity index (χ2v) is 6.94. The topological polar surface area (TPSA) is 38.1 Å². The van der Waals surface area contributed by atoms with Gasteiger partial charge in [0, 0.05) is 12.1 Å². The normalized spacial score (nSPS) is 20.8. The molecular weight excluding hydrogens is 310 g/mol. The predicted octanol–water partition coefficient (Wildman–Crippen LogP) is 4.15. The maximum atomic E-state index is 13.3. The molecule has 0 radical (unpaired) electrons. The van der Waals surface area contributed by atoms with E-state index in [4.69, 9.17) is 4.98 Å². The predicted molar refractivity (Wildman–Crippen MR) is 103 cm³/mol. The van der Waals surface area contributed by atoms with Gasteiger partial charge in [-0.2, -0.15) is 0 Å². The van der Waals surface area contributed by atoms with Gasteiger partial charge in [-0.3, -0.25) is 4.79 Å². The number of hydrogen-bond donors (Lipinski definition) is 0. The van der Waals surface area contributed by atoms with Crippen molar-refractivity contribution in [3.8, 4) is 5.69 Å². The molecule has 1 aliphatic heterocycles. The van der Waals surface area contributed by atoms with Crippen LogP contribution < -0.4 is 10.5 Å². The number of aromatic nitrogens is 2. The van der Waals surface area contributed by atoms with Gasteiger partial charge in [0.2, 0.25) is 5.95 Å². The van der Waals surface area contributed by atoms with Crippen molar-refractivity contribution in [2.75, 3.05) is 4.90 Å². The maximum absolute atomic E-state index is 13.3. The number of fused-ring (bicyclic) bond motifs is 1. The van der Waals surface area contributed by atoms with E-state index >= 15 is 0 Å². The zero-order chi connectivity index (χ0) is 17.4. The number of benzene rings is 2. The molecule has 128 valence electrons. The standard InChI is InChI=1S/C21H23N3O/c1-15-9-8-10-16(2)23(15)21-22-19-14-7-6-13-18(19)20(25)24(21)17-11-4-3-5-12-17/h3-7,11-16H,8-10H2,1-2H3. The summed E-state index contributed by atoms with van der Waals surface area (Å²) in [4.78, 5) is 20.6. The van der Waals surface area contributed by atoms with Gasteiger partial charge in [0.05, 0.1) is 16.6 Å². The third-order valence-electron chi connectivity index (χ3n) is 5.20. The second-order valence-electron chi connectivity index (χ2n) is 6.94. The Labute approximate surface area is 147 Å².